The van der Waals surface area contributed by atoms with Gasteiger partial charge < -0.3 is 33.3 Å². The lowest BCUT2D eigenvalue weighted by atomic mass is 10.1. The number of hydrogen-bond donors (Lipinski definition) is 0. The highest BCUT2D eigenvalue weighted by molar-refractivity contribution is 5.70. The maximum absolute atomic E-state index is 12.9. The predicted octanol–water partition coefficient (Wildman–Crippen LogP) is 18.8. The smallest absolute Gasteiger partial charge is 0.306 e. The number of carbonyl (C=O) groups excluding carboxylic acids is 3. The molecule has 468 valence electrons. The van der Waals surface area contributed by atoms with Gasteiger partial charge >= 0.3 is 11.9 Å². The Labute approximate surface area is 508 Å². The van der Waals surface area contributed by atoms with Gasteiger partial charge in [-0.25, -0.2) is 0 Å². The Balaban J connectivity index is 4.25. The molecule has 2 atom stereocenters. The van der Waals surface area contributed by atoms with Crippen molar-refractivity contribution in [3.8, 4) is 0 Å². The molecule has 0 amide bonds. The molecule has 0 aromatic carbocycles. The molecule has 0 bridgehead atoms. The third-order valence-electron chi connectivity index (χ3n) is 13.3. The van der Waals surface area contributed by atoms with Crippen LogP contribution in [0.4, 0.5) is 0 Å². The maximum atomic E-state index is 12.9. The van der Waals surface area contributed by atoms with Gasteiger partial charge in [0.05, 0.1) is 40.3 Å². The van der Waals surface area contributed by atoms with Gasteiger partial charge in [-0.3, -0.25) is 9.59 Å². The van der Waals surface area contributed by atoms with Crippen LogP contribution in [0.25, 0.3) is 0 Å². The molecule has 0 saturated heterocycles. The van der Waals surface area contributed by atoms with Crippen LogP contribution in [0.3, 0.4) is 0 Å². The average Bonchev–Trinajstić information content (AvgIpc) is 3.46. The fraction of sp³-hybridized carbons (Fsp3) is 0.608. The van der Waals surface area contributed by atoms with Gasteiger partial charge in [0, 0.05) is 12.8 Å². The van der Waals surface area contributed by atoms with Crippen LogP contribution in [0.1, 0.15) is 232 Å². The van der Waals surface area contributed by atoms with Crippen LogP contribution >= 0.6 is 0 Å². The van der Waals surface area contributed by atoms with E-state index >= 15 is 0 Å². The van der Waals surface area contributed by atoms with E-state index in [1.54, 1.807) is 0 Å². The number of nitrogens with zero attached hydrogens (tertiary/aromatic N) is 1. The van der Waals surface area contributed by atoms with Crippen molar-refractivity contribution in [2.24, 2.45) is 0 Å². The highest BCUT2D eigenvalue weighted by Gasteiger charge is 2.22. The van der Waals surface area contributed by atoms with E-state index in [1.807, 2.05) is 21.1 Å². The summed E-state index contributed by atoms with van der Waals surface area (Å²) >= 11 is 0. The van der Waals surface area contributed by atoms with Crippen LogP contribution in [-0.4, -0.2) is 82.3 Å². The standard InChI is InChI=1S/C74H119NO8/c1-6-8-10-12-14-16-18-20-22-24-26-28-30-31-32-33-34-35-36-37-38-39-40-41-43-45-47-49-51-53-55-57-59-61-63-65-72(77)83-70(69-82-74(73(78)79)80-67-66-75(3,4)5)68-81-71(76)64-62-60-58-56-54-52-50-48-46-44-42-29-27-25-23-21-19-17-15-13-11-9-7-2/h8-11,14-17,20-23,26-29,31-32,34-35,37-38,40-41,45,47,70,74H,6-7,12-13,18-19,24-25,30,33,36,39,42-44,46,48-69H2,1-5H3/b10-8-,11-9-,16-14-,17-15-,22-20-,23-21-,28-26-,29-27-,32-31-,35-34-,38-37-,41-40-,47-45-. The van der Waals surface area contributed by atoms with E-state index in [1.165, 1.54) is 57.8 Å². The zero-order chi connectivity index (χ0) is 60.5. The normalized spacial score (nSPS) is 13.8. The van der Waals surface area contributed by atoms with E-state index in [0.29, 0.717) is 17.4 Å². The Bertz CT molecular complexity index is 1920. The van der Waals surface area contributed by atoms with E-state index in [0.717, 1.165) is 141 Å². The van der Waals surface area contributed by atoms with E-state index < -0.39 is 24.3 Å². The minimum absolute atomic E-state index is 0.136. The van der Waals surface area contributed by atoms with Crippen molar-refractivity contribution >= 4 is 17.9 Å². The second-order valence-corrected chi connectivity index (χ2v) is 22.3. The minimum atomic E-state index is -1.64. The molecule has 9 heteroatoms. The van der Waals surface area contributed by atoms with Crippen molar-refractivity contribution in [1.82, 2.24) is 0 Å². The first-order valence-corrected chi connectivity index (χ1v) is 32.6. The summed E-state index contributed by atoms with van der Waals surface area (Å²) in [5.41, 5.74) is 0. The first kappa shape index (κ1) is 77.9. The van der Waals surface area contributed by atoms with Crippen LogP contribution in [0.2, 0.25) is 0 Å². The number of quaternary nitrogens is 1. The van der Waals surface area contributed by atoms with Gasteiger partial charge in [-0.1, -0.05) is 255 Å². The molecule has 0 radical (unpaired) electrons. The molecule has 9 nitrogen and oxygen atoms in total. The van der Waals surface area contributed by atoms with Crippen LogP contribution in [0.5, 0.6) is 0 Å². The number of carboxylic acid groups (broad SMARTS) is 1. The van der Waals surface area contributed by atoms with Crippen molar-refractivity contribution in [2.45, 2.75) is 245 Å². The number of carbonyl (C=O) groups is 3. The van der Waals surface area contributed by atoms with Gasteiger partial charge in [-0.2, -0.15) is 0 Å². The summed E-state index contributed by atoms with van der Waals surface area (Å²) in [4.78, 5) is 37.4. The van der Waals surface area contributed by atoms with Gasteiger partial charge in [0.2, 0.25) is 0 Å². The van der Waals surface area contributed by atoms with Crippen LogP contribution in [0, 0.1) is 0 Å². The number of aliphatic carboxylic acids is 1. The Kier molecular flexibility index (Phi) is 59.1. The second-order valence-electron chi connectivity index (χ2n) is 22.3. The van der Waals surface area contributed by atoms with Gasteiger partial charge in [-0.15, -0.1) is 0 Å². The lowest BCUT2D eigenvalue weighted by Gasteiger charge is -2.26. The molecule has 83 heavy (non-hydrogen) atoms. The van der Waals surface area contributed by atoms with Crippen molar-refractivity contribution in [1.29, 1.82) is 0 Å². The molecule has 0 rings (SSSR count). The Morgan fingerprint density at radius 3 is 0.964 bits per heavy atom. The third kappa shape index (κ3) is 64.3. The predicted molar refractivity (Wildman–Crippen MR) is 352 cm³/mol. The van der Waals surface area contributed by atoms with Gasteiger partial charge in [0.15, 0.2) is 12.4 Å². The first-order valence-electron chi connectivity index (χ1n) is 32.6. The summed E-state index contributed by atoms with van der Waals surface area (Å²) in [7, 11) is 5.91. The van der Waals surface area contributed by atoms with E-state index in [4.69, 9.17) is 18.9 Å². The van der Waals surface area contributed by atoms with Crippen LogP contribution < -0.4 is 5.11 Å². The van der Waals surface area contributed by atoms with Gasteiger partial charge in [-0.05, 0) is 122 Å². The number of rotatable bonds is 58. The maximum Gasteiger partial charge on any atom is 0.306 e. The van der Waals surface area contributed by atoms with E-state index in [9.17, 15) is 19.5 Å². The number of unbranched alkanes of at least 4 members (excludes halogenated alkanes) is 17. The Morgan fingerprint density at radius 2 is 0.651 bits per heavy atom. The molecule has 0 aliphatic heterocycles. The Hall–Kier alpha value is -5.09. The molecule has 0 aliphatic carbocycles. The fourth-order valence-corrected chi connectivity index (χ4v) is 8.34. The molecule has 0 spiro atoms. The molecule has 0 fully saturated rings. The van der Waals surface area contributed by atoms with Gasteiger partial charge in [0.25, 0.3) is 0 Å². The number of carboxylic acids is 1. The zero-order valence-electron chi connectivity index (χ0n) is 53.2. The highest BCUT2D eigenvalue weighted by atomic mass is 16.7. The summed E-state index contributed by atoms with van der Waals surface area (Å²) < 4.78 is 22.7. The largest absolute Gasteiger partial charge is 0.545 e. The van der Waals surface area contributed by atoms with Crippen molar-refractivity contribution in [2.75, 3.05) is 47.5 Å². The fourth-order valence-electron chi connectivity index (χ4n) is 8.34. The molecule has 0 aromatic rings. The zero-order valence-corrected chi connectivity index (χ0v) is 53.2. The highest BCUT2D eigenvalue weighted by Crippen LogP contribution is 2.15. The van der Waals surface area contributed by atoms with E-state index in [-0.39, 0.29) is 38.6 Å². The number of esters is 2. The molecule has 0 N–H and O–H groups in total. The molecule has 0 aliphatic rings. The minimum Gasteiger partial charge on any atom is -0.545 e. The number of hydrogen-bond acceptors (Lipinski definition) is 8. The third-order valence-corrected chi connectivity index (χ3v) is 13.3. The summed E-state index contributed by atoms with van der Waals surface area (Å²) in [6.45, 7) is 4.49. The SMILES string of the molecule is CC/C=C\C/C=C\C/C=C\C/C=C\C/C=C\C/C=C\C/C=C\C/C=C\C/C=C\CCCCCCCCCC(=O)OC(COC(=O)CCCCCCCCCCCC/C=C\C/C=C\C/C=C\C/C=C\CC)COC(OCC[N+](C)(C)C)C(=O)[O-]. The Morgan fingerprint density at radius 1 is 0.361 bits per heavy atom. The van der Waals surface area contributed by atoms with Crippen LogP contribution in [0.15, 0.2) is 158 Å². The molecule has 0 aromatic heterocycles. The summed E-state index contributed by atoms with van der Waals surface area (Å²) in [5.74, 6) is -2.32. The summed E-state index contributed by atoms with van der Waals surface area (Å²) in [6.07, 6.45) is 90.1. The molecular weight excluding hydrogens is 1030 g/mol. The van der Waals surface area contributed by atoms with Gasteiger partial charge in [0.1, 0.15) is 13.2 Å². The lowest BCUT2D eigenvalue weighted by Crippen LogP contribution is -2.44. The van der Waals surface area contributed by atoms with Crippen LogP contribution in [-0.2, 0) is 33.3 Å². The second kappa shape index (κ2) is 62.9. The summed E-state index contributed by atoms with van der Waals surface area (Å²) in [5, 5.41) is 11.8. The van der Waals surface area contributed by atoms with Crippen molar-refractivity contribution in [3.63, 3.8) is 0 Å². The molecule has 0 heterocycles. The number of likely N-dealkylation sites (N-methyl/N-ethyl adjacent to an activating group) is 1. The number of allylic oxidation sites excluding steroid dienone is 26. The molecule has 0 saturated carbocycles. The summed E-state index contributed by atoms with van der Waals surface area (Å²) in [6, 6.07) is 0. The van der Waals surface area contributed by atoms with Crippen molar-refractivity contribution in [3.05, 3.63) is 158 Å². The monoisotopic (exact) mass is 1150 g/mol. The first-order chi connectivity index (χ1) is 40.6. The topological polar surface area (TPSA) is 111 Å². The van der Waals surface area contributed by atoms with E-state index in [2.05, 4.69) is 172 Å². The molecule has 2 unspecified atom stereocenters. The quantitative estimate of drug-likeness (QED) is 0.0195. The lowest BCUT2D eigenvalue weighted by molar-refractivity contribution is -0.870. The number of ether oxygens (including phenoxy) is 4. The average molecular weight is 1150 g/mol. The molecular formula is C74H119NO8. The van der Waals surface area contributed by atoms with Crippen molar-refractivity contribution < 1.29 is 42.9 Å².